The van der Waals surface area contributed by atoms with Crippen LogP contribution in [0.5, 0.6) is 0 Å². The van der Waals surface area contributed by atoms with E-state index < -0.39 is 20.6 Å². The molecule has 29 heavy (non-hydrogen) atoms. The maximum atomic E-state index is 12.4. The van der Waals surface area contributed by atoms with Gasteiger partial charge in [-0.05, 0) is 24.6 Å². The van der Waals surface area contributed by atoms with Gasteiger partial charge in [-0.15, -0.1) is 0 Å². The van der Waals surface area contributed by atoms with Crippen LogP contribution in [0.25, 0.3) is 0 Å². The number of benzene rings is 2. The Kier molecular flexibility index (Phi) is 7.32. The third-order valence-electron chi connectivity index (χ3n) is 5.01. The molecule has 0 aliphatic carbocycles. The van der Waals surface area contributed by atoms with Crippen molar-refractivity contribution >= 4 is 15.7 Å². The molecule has 0 bridgehead atoms. The summed E-state index contributed by atoms with van der Waals surface area (Å²) in [5, 5.41) is 11.0. The van der Waals surface area contributed by atoms with Crippen LogP contribution in [0.4, 0.5) is 5.69 Å². The summed E-state index contributed by atoms with van der Waals surface area (Å²) in [7, 11) is -3.90. The van der Waals surface area contributed by atoms with Crippen molar-refractivity contribution in [3.05, 3.63) is 70.3 Å². The number of hydrogen-bond donors (Lipinski definition) is 1. The number of hydrogen-bond acceptors (Lipinski definition) is 6. The molecule has 0 aromatic heterocycles. The molecule has 1 aliphatic heterocycles. The van der Waals surface area contributed by atoms with Gasteiger partial charge in [-0.3, -0.25) is 15.0 Å². The van der Waals surface area contributed by atoms with Crippen LogP contribution in [0.2, 0.25) is 0 Å². The zero-order valence-corrected chi connectivity index (χ0v) is 17.1. The summed E-state index contributed by atoms with van der Waals surface area (Å²) in [5.41, 5.74) is 0.903. The molecular formula is C20H26N4O4S. The monoisotopic (exact) mass is 418 g/mol. The first-order valence-corrected chi connectivity index (χ1v) is 11.2. The van der Waals surface area contributed by atoms with E-state index in [1.807, 2.05) is 6.07 Å². The molecule has 2 aromatic carbocycles. The van der Waals surface area contributed by atoms with Crippen LogP contribution in [0.15, 0.2) is 59.5 Å². The Balaban J connectivity index is 1.41. The molecule has 156 valence electrons. The number of nitro benzene ring substituents is 1. The molecule has 1 N–H and O–H groups in total. The second-order valence-electron chi connectivity index (χ2n) is 7.08. The SMILES string of the molecule is O=[N+]([O-])c1ccccc1S(=O)(=O)NCCCN1CCN(Cc2ccccc2)CC1. The van der Waals surface area contributed by atoms with Crippen LogP contribution in [0.1, 0.15) is 12.0 Å². The van der Waals surface area contributed by atoms with E-state index in [-0.39, 0.29) is 11.4 Å². The first kappa shape index (κ1) is 21.4. The number of para-hydroxylation sites is 1. The molecule has 0 radical (unpaired) electrons. The molecule has 1 aliphatic rings. The lowest BCUT2D eigenvalue weighted by molar-refractivity contribution is -0.387. The normalized spacial score (nSPS) is 16.0. The Morgan fingerprint density at radius 2 is 1.55 bits per heavy atom. The van der Waals surface area contributed by atoms with Crippen molar-refractivity contribution in [2.24, 2.45) is 0 Å². The fourth-order valence-electron chi connectivity index (χ4n) is 3.43. The van der Waals surface area contributed by atoms with Gasteiger partial charge in [0.1, 0.15) is 0 Å². The van der Waals surface area contributed by atoms with Crippen molar-refractivity contribution in [2.75, 3.05) is 39.3 Å². The topological polar surface area (TPSA) is 95.8 Å². The highest BCUT2D eigenvalue weighted by Crippen LogP contribution is 2.22. The van der Waals surface area contributed by atoms with Gasteiger partial charge in [-0.1, -0.05) is 42.5 Å². The Morgan fingerprint density at radius 1 is 0.931 bits per heavy atom. The number of nitro groups is 1. The molecule has 8 nitrogen and oxygen atoms in total. The van der Waals surface area contributed by atoms with E-state index >= 15 is 0 Å². The second kappa shape index (κ2) is 9.93. The van der Waals surface area contributed by atoms with Gasteiger partial charge < -0.3 is 4.90 Å². The minimum atomic E-state index is -3.90. The minimum absolute atomic E-state index is 0.249. The summed E-state index contributed by atoms with van der Waals surface area (Å²) >= 11 is 0. The van der Waals surface area contributed by atoms with E-state index in [1.54, 1.807) is 0 Å². The average Bonchev–Trinajstić information content (AvgIpc) is 2.73. The second-order valence-corrected chi connectivity index (χ2v) is 8.81. The highest BCUT2D eigenvalue weighted by molar-refractivity contribution is 7.89. The van der Waals surface area contributed by atoms with E-state index in [0.29, 0.717) is 6.42 Å². The van der Waals surface area contributed by atoms with Gasteiger partial charge in [-0.25, -0.2) is 13.1 Å². The molecule has 1 heterocycles. The molecule has 0 saturated carbocycles. The molecule has 0 amide bonds. The highest BCUT2D eigenvalue weighted by Gasteiger charge is 2.24. The summed E-state index contributed by atoms with van der Waals surface area (Å²) in [6.07, 6.45) is 0.651. The Hall–Kier alpha value is -2.33. The Bertz CT molecular complexity index is 913. The number of sulfonamides is 1. The summed E-state index contributed by atoms with van der Waals surface area (Å²) in [6, 6.07) is 15.8. The first-order valence-electron chi connectivity index (χ1n) is 9.67. The molecule has 0 atom stereocenters. The average molecular weight is 419 g/mol. The maximum absolute atomic E-state index is 12.4. The lowest BCUT2D eigenvalue weighted by Crippen LogP contribution is -2.46. The standard InChI is InChI=1S/C20H26N4O4S/c25-24(26)19-9-4-5-10-20(19)29(27,28)21-11-6-12-22-13-15-23(16-14-22)17-18-7-2-1-3-8-18/h1-5,7-10,21H,6,11-17H2. The maximum Gasteiger partial charge on any atom is 0.289 e. The van der Waals surface area contributed by atoms with Crippen LogP contribution in [0.3, 0.4) is 0 Å². The van der Waals surface area contributed by atoms with Crippen molar-refractivity contribution in [1.82, 2.24) is 14.5 Å². The molecule has 3 rings (SSSR count). The van der Waals surface area contributed by atoms with E-state index in [1.165, 1.54) is 29.8 Å². The van der Waals surface area contributed by atoms with Gasteiger partial charge >= 0.3 is 0 Å². The molecule has 1 fully saturated rings. The fourth-order valence-corrected chi connectivity index (χ4v) is 4.68. The first-order chi connectivity index (χ1) is 14.0. The number of nitrogens with zero attached hydrogens (tertiary/aromatic N) is 3. The Morgan fingerprint density at radius 3 is 2.24 bits per heavy atom. The van der Waals surface area contributed by atoms with Gasteiger partial charge in [-0.2, -0.15) is 0 Å². The van der Waals surface area contributed by atoms with Crippen LogP contribution >= 0.6 is 0 Å². The van der Waals surface area contributed by atoms with E-state index in [9.17, 15) is 18.5 Å². The number of piperazine rings is 1. The van der Waals surface area contributed by atoms with Gasteiger partial charge in [0, 0.05) is 45.3 Å². The quantitative estimate of drug-likeness (QED) is 0.381. The van der Waals surface area contributed by atoms with Crippen LogP contribution in [0, 0.1) is 10.1 Å². The lowest BCUT2D eigenvalue weighted by Gasteiger charge is -2.34. The molecule has 0 unspecified atom stereocenters. The molecule has 9 heteroatoms. The smallest absolute Gasteiger partial charge is 0.289 e. The van der Waals surface area contributed by atoms with Gasteiger partial charge in [0.25, 0.3) is 5.69 Å². The van der Waals surface area contributed by atoms with Crippen LogP contribution < -0.4 is 4.72 Å². The van der Waals surface area contributed by atoms with Gasteiger partial charge in [0.15, 0.2) is 4.90 Å². The van der Waals surface area contributed by atoms with Crippen molar-refractivity contribution in [3.8, 4) is 0 Å². The zero-order valence-electron chi connectivity index (χ0n) is 16.2. The lowest BCUT2D eigenvalue weighted by atomic mass is 10.2. The summed E-state index contributed by atoms with van der Waals surface area (Å²) in [6.45, 7) is 5.85. The highest BCUT2D eigenvalue weighted by atomic mass is 32.2. The Labute approximate surface area is 171 Å². The van der Waals surface area contributed by atoms with Gasteiger partial charge in [0.2, 0.25) is 10.0 Å². The zero-order chi connectivity index (χ0) is 20.7. The van der Waals surface area contributed by atoms with Crippen LogP contribution in [-0.4, -0.2) is 62.4 Å². The van der Waals surface area contributed by atoms with E-state index in [2.05, 4.69) is 38.8 Å². The van der Waals surface area contributed by atoms with Gasteiger partial charge in [0.05, 0.1) is 4.92 Å². The van der Waals surface area contributed by atoms with Crippen LogP contribution in [-0.2, 0) is 16.6 Å². The summed E-state index contributed by atoms with van der Waals surface area (Å²) in [4.78, 5) is 14.8. The molecular weight excluding hydrogens is 392 g/mol. The third kappa shape index (κ3) is 6.07. The predicted molar refractivity (Wildman–Crippen MR) is 111 cm³/mol. The summed E-state index contributed by atoms with van der Waals surface area (Å²) in [5.74, 6) is 0. The fraction of sp³-hybridized carbons (Fsp3) is 0.400. The van der Waals surface area contributed by atoms with Crippen molar-refractivity contribution in [1.29, 1.82) is 0 Å². The largest absolute Gasteiger partial charge is 0.301 e. The van der Waals surface area contributed by atoms with Crippen molar-refractivity contribution in [3.63, 3.8) is 0 Å². The van der Waals surface area contributed by atoms with Crippen molar-refractivity contribution in [2.45, 2.75) is 17.9 Å². The van der Waals surface area contributed by atoms with E-state index in [0.717, 1.165) is 39.3 Å². The number of nitrogens with one attached hydrogen (secondary N) is 1. The third-order valence-corrected chi connectivity index (χ3v) is 6.52. The molecule has 1 saturated heterocycles. The molecule has 0 spiro atoms. The minimum Gasteiger partial charge on any atom is -0.301 e. The van der Waals surface area contributed by atoms with Crippen molar-refractivity contribution < 1.29 is 13.3 Å². The number of rotatable bonds is 9. The molecule has 2 aromatic rings. The predicted octanol–water partition coefficient (Wildman–Crippen LogP) is 2.08. The summed E-state index contributed by atoms with van der Waals surface area (Å²) < 4.78 is 27.3. The van der Waals surface area contributed by atoms with E-state index in [4.69, 9.17) is 0 Å².